The highest BCUT2D eigenvalue weighted by Crippen LogP contribution is 2.52. The van der Waals surface area contributed by atoms with Crippen LogP contribution in [-0.4, -0.2) is 123 Å². The third-order valence-electron chi connectivity index (χ3n) is 16.8. The Morgan fingerprint density at radius 1 is 0.623 bits per heavy atom. The number of hydrogen-bond acceptors (Lipinski definition) is 10. The highest BCUT2D eigenvalue weighted by Gasteiger charge is 2.57. The van der Waals surface area contributed by atoms with Crippen molar-refractivity contribution < 1.29 is 14.4 Å². The fourth-order valence-electron chi connectivity index (χ4n) is 12.0. The molecule has 2 aromatic carbocycles. The summed E-state index contributed by atoms with van der Waals surface area (Å²) in [6.07, 6.45) is 20.8. The van der Waals surface area contributed by atoms with Crippen molar-refractivity contribution in [2.45, 2.75) is 127 Å². The van der Waals surface area contributed by atoms with Gasteiger partial charge in [0.1, 0.15) is 6.07 Å². The molecule has 10 rings (SSSR count). The second-order valence-electron chi connectivity index (χ2n) is 20.6. The van der Waals surface area contributed by atoms with E-state index < -0.39 is 5.91 Å². The predicted octanol–water partition coefficient (Wildman–Crippen LogP) is 8.82. The molecular weight excluding hydrogens is 865 g/mol. The summed E-state index contributed by atoms with van der Waals surface area (Å²) in [5.74, 6) is 1.35. The SMILES string of the molecule is C.C.CN(C)C1(c2ccccc2)CCC2(CC1)CN(c1ncc(C#N)cn1)C(=O)N2CC1CCC1.CN(C)C1(c2ccccc2)CCC2(CC1)CN(c1ncc(C(N)=O)cn1)C(=O)N2CC1CCC1. The van der Waals surface area contributed by atoms with Crippen LogP contribution in [0.1, 0.15) is 132 Å². The number of carbonyl (C=O) groups is 3. The van der Waals surface area contributed by atoms with E-state index in [0.29, 0.717) is 42.4 Å². The Balaban J connectivity index is 0.000000198. The van der Waals surface area contributed by atoms with Gasteiger partial charge in [0.2, 0.25) is 11.9 Å². The molecule has 0 unspecified atom stereocenters. The first-order valence-corrected chi connectivity index (χ1v) is 24.3. The Hall–Kier alpha value is -5.98. The average molecular weight is 939 g/mol. The van der Waals surface area contributed by atoms with Crippen LogP contribution in [-0.2, 0) is 11.1 Å². The second-order valence-corrected chi connectivity index (χ2v) is 20.6. The van der Waals surface area contributed by atoms with Crippen LogP contribution in [0.15, 0.2) is 85.5 Å². The van der Waals surface area contributed by atoms with Crippen LogP contribution in [0, 0.1) is 23.2 Å². The number of rotatable bonds is 11. The number of hydrogen-bond donors (Lipinski definition) is 1. The minimum Gasteiger partial charge on any atom is -0.366 e. The Labute approximate surface area is 410 Å². The lowest BCUT2D eigenvalue weighted by molar-refractivity contribution is 0.0172. The summed E-state index contributed by atoms with van der Waals surface area (Å²) in [4.78, 5) is 68.6. The number of amides is 5. The van der Waals surface area contributed by atoms with Gasteiger partial charge in [0.15, 0.2) is 0 Å². The fraction of sp³-hybridized carbons (Fsp3) is 0.556. The maximum atomic E-state index is 13.7. The molecule has 4 aromatic rings. The number of carbonyl (C=O) groups excluding carboxylic acids is 3. The summed E-state index contributed by atoms with van der Waals surface area (Å²) in [6.45, 7) is 2.82. The lowest BCUT2D eigenvalue weighted by Crippen LogP contribution is -2.56. The maximum absolute atomic E-state index is 13.7. The molecule has 2 spiro atoms. The van der Waals surface area contributed by atoms with Crippen molar-refractivity contribution in [3.8, 4) is 6.07 Å². The van der Waals surface area contributed by atoms with Gasteiger partial charge in [-0.15, -0.1) is 0 Å². The Kier molecular flexibility index (Phi) is 15.2. The number of primary amides is 1. The summed E-state index contributed by atoms with van der Waals surface area (Å²) in [7, 11) is 8.68. The standard InChI is InChI=1S/C26H34N6O2.C26H32N6O.2CH4/c1-30(2)26(21-9-4-3-5-10-21)13-11-25(12-14-26)18-31(23-28-15-20(16-29-23)22(27)33)24(34)32(25)17-19-7-6-8-19;1-30(2)26(22-9-4-3-5-10-22)13-11-25(12-14-26)19-31(23-28-16-21(15-27)17-29-23)24(33)32(25)18-20-7-6-8-20;;/h3-5,9-10,15-16,19H,6-8,11-14,17-18H2,1-2H3,(H2,27,33);3-5,9-10,16-17,20H,6-8,11-14,18-19H2,1-2H3;2*1H4. The molecule has 5 amide bonds. The zero-order chi connectivity index (χ0) is 47.0. The van der Waals surface area contributed by atoms with Crippen molar-refractivity contribution in [3.05, 3.63) is 108 Å². The molecule has 6 fully saturated rings. The van der Waals surface area contributed by atoms with E-state index in [0.717, 1.165) is 64.5 Å². The number of urea groups is 2. The van der Waals surface area contributed by atoms with Crippen molar-refractivity contribution in [1.82, 2.24) is 39.5 Å². The van der Waals surface area contributed by atoms with Crippen LogP contribution < -0.4 is 15.5 Å². The van der Waals surface area contributed by atoms with Crippen LogP contribution >= 0.6 is 0 Å². The number of benzene rings is 2. The van der Waals surface area contributed by atoms with E-state index >= 15 is 0 Å². The van der Waals surface area contributed by atoms with Crippen molar-refractivity contribution in [2.75, 3.05) is 64.2 Å². The van der Waals surface area contributed by atoms with E-state index in [-0.39, 0.29) is 54.6 Å². The normalized spacial score (nSPS) is 26.8. The Morgan fingerprint density at radius 3 is 1.29 bits per heavy atom. The molecule has 0 atom stereocenters. The van der Waals surface area contributed by atoms with Crippen LogP contribution in [0.4, 0.5) is 21.5 Å². The molecule has 6 aliphatic rings. The monoisotopic (exact) mass is 939 g/mol. The topological polar surface area (TPSA) is 172 Å². The van der Waals surface area contributed by atoms with Crippen molar-refractivity contribution in [1.29, 1.82) is 5.26 Å². The smallest absolute Gasteiger partial charge is 0.327 e. The van der Waals surface area contributed by atoms with E-state index in [2.05, 4.69) is 134 Å². The maximum Gasteiger partial charge on any atom is 0.327 e. The summed E-state index contributed by atoms with van der Waals surface area (Å²) >= 11 is 0. The van der Waals surface area contributed by atoms with Crippen molar-refractivity contribution in [2.24, 2.45) is 17.6 Å². The molecule has 2 aromatic heterocycles. The van der Waals surface area contributed by atoms with E-state index in [1.54, 1.807) is 9.80 Å². The minimum absolute atomic E-state index is 0. The fourth-order valence-corrected chi connectivity index (χ4v) is 12.0. The van der Waals surface area contributed by atoms with Crippen LogP contribution in [0.2, 0.25) is 0 Å². The van der Waals surface area contributed by atoms with Crippen molar-refractivity contribution in [3.63, 3.8) is 0 Å². The van der Waals surface area contributed by atoms with Crippen LogP contribution in [0.5, 0.6) is 0 Å². The van der Waals surface area contributed by atoms with E-state index in [4.69, 9.17) is 11.0 Å². The molecule has 15 heteroatoms. The molecule has 0 radical (unpaired) electrons. The Bertz CT molecular complexity index is 2420. The number of anilines is 2. The number of nitrogens with zero attached hydrogens (tertiary/aromatic N) is 11. The predicted molar refractivity (Wildman–Crippen MR) is 270 cm³/mol. The van der Waals surface area contributed by atoms with Gasteiger partial charge in [-0.1, -0.05) is 88.4 Å². The molecule has 2 N–H and O–H groups in total. The molecule has 15 nitrogen and oxygen atoms in total. The molecule has 2 saturated heterocycles. The molecule has 4 heterocycles. The first kappa shape index (κ1) is 50.9. The summed E-state index contributed by atoms with van der Waals surface area (Å²) in [5, 5.41) is 9.08. The van der Waals surface area contributed by atoms with E-state index in [1.807, 2.05) is 0 Å². The lowest BCUT2D eigenvalue weighted by Gasteiger charge is -2.51. The third kappa shape index (κ3) is 9.42. The molecule has 368 valence electrons. The second kappa shape index (κ2) is 20.5. The molecule has 0 bridgehead atoms. The molecule has 69 heavy (non-hydrogen) atoms. The molecule has 4 aliphatic carbocycles. The first-order chi connectivity index (χ1) is 32.3. The van der Waals surface area contributed by atoms with Gasteiger partial charge in [0.05, 0.1) is 47.7 Å². The number of nitriles is 1. The van der Waals surface area contributed by atoms with Gasteiger partial charge in [-0.05, 0) is 128 Å². The lowest BCUT2D eigenvalue weighted by atomic mass is 9.68. The molecular formula is C54H74N12O3. The van der Waals surface area contributed by atoms with E-state index in [1.165, 1.54) is 74.4 Å². The number of nitrogens with two attached hydrogens (primary N) is 1. The number of aromatic nitrogens is 4. The summed E-state index contributed by atoms with van der Waals surface area (Å²) in [6, 6.07) is 23.6. The highest BCUT2D eigenvalue weighted by atomic mass is 16.2. The van der Waals surface area contributed by atoms with Gasteiger partial charge in [-0.3, -0.25) is 24.4 Å². The Morgan fingerprint density at radius 2 is 0.986 bits per heavy atom. The van der Waals surface area contributed by atoms with E-state index in [9.17, 15) is 14.4 Å². The van der Waals surface area contributed by atoms with Gasteiger partial charge in [0, 0.05) is 36.6 Å². The zero-order valence-corrected chi connectivity index (χ0v) is 39.7. The molecule has 4 saturated carbocycles. The van der Waals surface area contributed by atoms with Crippen LogP contribution in [0.25, 0.3) is 0 Å². The van der Waals surface area contributed by atoms with Gasteiger partial charge in [-0.25, -0.2) is 29.5 Å². The van der Waals surface area contributed by atoms with Gasteiger partial charge < -0.3 is 15.5 Å². The van der Waals surface area contributed by atoms with Crippen molar-refractivity contribution >= 4 is 29.9 Å². The summed E-state index contributed by atoms with van der Waals surface area (Å²) < 4.78 is 0. The zero-order valence-electron chi connectivity index (χ0n) is 39.7. The largest absolute Gasteiger partial charge is 0.366 e. The van der Waals surface area contributed by atoms with Gasteiger partial charge in [-0.2, -0.15) is 5.26 Å². The van der Waals surface area contributed by atoms with Gasteiger partial charge in [0.25, 0.3) is 5.91 Å². The average Bonchev–Trinajstić information content (AvgIpc) is 3.74. The van der Waals surface area contributed by atoms with Crippen LogP contribution in [0.3, 0.4) is 0 Å². The quantitative estimate of drug-likeness (QED) is 0.153. The minimum atomic E-state index is -0.574. The summed E-state index contributed by atoms with van der Waals surface area (Å²) in [5.41, 5.74) is 8.20. The first-order valence-electron chi connectivity index (χ1n) is 24.3. The third-order valence-corrected chi connectivity index (χ3v) is 16.8. The van der Waals surface area contributed by atoms with Gasteiger partial charge >= 0.3 is 12.1 Å². The highest BCUT2D eigenvalue weighted by molar-refractivity contribution is 5.95. The molecule has 2 aliphatic heterocycles.